The quantitative estimate of drug-likeness (QED) is 0.697. The highest BCUT2D eigenvalue weighted by molar-refractivity contribution is 6.39. The van der Waals surface area contributed by atoms with E-state index in [0.29, 0.717) is 12.2 Å². The number of nitrogens with zero attached hydrogens (tertiary/aromatic N) is 3. The summed E-state index contributed by atoms with van der Waals surface area (Å²) in [6.07, 6.45) is 5.59. The highest BCUT2D eigenvalue weighted by Crippen LogP contribution is 2.19. The molecule has 2 aliphatic rings. The summed E-state index contributed by atoms with van der Waals surface area (Å²) in [5.74, 6) is 0. The number of halogens is 1. The lowest BCUT2D eigenvalue weighted by Gasteiger charge is -2.19. The van der Waals surface area contributed by atoms with Gasteiger partial charge in [-0.2, -0.15) is 5.10 Å². The van der Waals surface area contributed by atoms with Gasteiger partial charge in [-0.05, 0) is 19.8 Å². The number of hydrogen-bond donors (Lipinski definition) is 0. The molecule has 2 heterocycles. The zero-order valence-corrected chi connectivity index (χ0v) is 8.69. The zero-order chi connectivity index (χ0) is 10.7. The van der Waals surface area contributed by atoms with Crippen molar-refractivity contribution >= 4 is 11.9 Å². The Labute approximate surface area is 88.1 Å². The van der Waals surface area contributed by atoms with Crippen LogP contribution in [0.1, 0.15) is 19.8 Å². The molecule has 82 valence electrons. The Bertz CT molecular complexity index is 319. The maximum atomic E-state index is 12.2. The topological polar surface area (TPSA) is 37.2 Å². The fourth-order valence-electron chi connectivity index (χ4n) is 1.87. The average Bonchev–Trinajstić information content (AvgIpc) is 2.87. The number of ether oxygens (including phenoxy) is 1. The fourth-order valence-corrected chi connectivity index (χ4v) is 1.87. The molecule has 4 nitrogen and oxygen atoms in total. The summed E-state index contributed by atoms with van der Waals surface area (Å²) in [6, 6.07) is 0. The van der Waals surface area contributed by atoms with E-state index in [2.05, 4.69) is 10.3 Å². The molecule has 1 unspecified atom stereocenters. The Morgan fingerprint density at radius 2 is 2.67 bits per heavy atom. The SMILES string of the molecule is C/C=C1\C(=N/F)C=NN1CC1CCCO1. The summed E-state index contributed by atoms with van der Waals surface area (Å²) in [4.78, 5) is 0. The van der Waals surface area contributed by atoms with E-state index in [0.717, 1.165) is 19.4 Å². The lowest BCUT2D eigenvalue weighted by molar-refractivity contribution is 0.0866. The van der Waals surface area contributed by atoms with Gasteiger partial charge >= 0.3 is 0 Å². The van der Waals surface area contributed by atoms with Crippen molar-refractivity contribution in [2.75, 3.05) is 13.2 Å². The minimum atomic E-state index is 0.205. The van der Waals surface area contributed by atoms with Crippen molar-refractivity contribution in [3.8, 4) is 0 Å². The van der Waals surface area contributed by atoms with Crippen LogP contribution >= 0.6 is 0 Å². The standard InChI is InChI=1S/C10H14FN3O/c1-2-10-9(13-11)6-12-14(10)7-8-4-3-5-15-8/h2,6,8H,3-5,7H2,1H3/b10-2+,13-9-. The summed E-state index contributed by atoms with van der Waals surface area (Å²) in [7, 11) is 0. The maximum absolute atomic E-state index is 12.2. The van der Waals surface area contributed by atoms with E-state index in [-0.39, 0.29) is 11.8 Å². The van der Waals surface area contributed by atoms with Crippen LogP contribution in [0.2, 0.25) is 0 Å². The molecule has 2 rings (SSSR count). The highest BCUT2D eigenvalue weighted by atomic mass is 19.2. The molecule has 0 N–H and O–H groups in total. The van der Waals surface area contributed by atoms with Gasteiger partial charge in [-0.15, -0.1) is 0 Å². The van der Waals surface area contributed by atoms with Gasteiger partial charge in [0.1, 0.15) is 5.71 Å². The van der Waals surface area contributed by atoms with Crippen LogP contribution in [0.25, 0.3) is 0 Å². The Morgan fingerprint density at radius 3 is 3.27 bits per heavy atom. The smallest absolute Gasteiger partial charge is 0.141 e. The molecule has 0 radical (unpaired) electrons. The molecule has 0 aromatic carbocycles. The van der Waals surface area contributed by atoms with E-state index in [1.54, 1.807) is 11.1 Å². The van der Waals surface area contributed by atoms with Crippen molar-refractivity contribution < 1.29 is 9.22 Å². The second kappa shape index (κ2) is 4.53. The fraction of sp³-hybridized carbons (Fsp3) is 0.600. The van der Waals surface area contributed by atoms with Gasteiger partial charge in [-0.25, -0.2) is 0 Å². The Hall–Kier alpha value is -1.23. The molecule has 2 aliphatic heterocycles. The number of rotatable bonds is 2. The molecule has 5 heteroatoms. The van der Waals surface area contributed by atoms with Crippen molar-refractivity contribution in [1.29, 1.82) is 0 Å². The molecule has 0 spiro atoms. The van der Waals surface area contributed by atoms with Crippen molar-refractivity contribution in [3.05, 3.63) is 11.8 Å². The van der Waals surface area contributed by atoms with E-state index in [9.17, 15) is 4.48 Å². The van der Waals surface area contributed by atoms with E-state index >= 15 is 0 Å². The van der Waals surface area contributed by atoms with Crippen LogP contribution in [-0.4, -0.2) is 36.2 Å². The van der Waals surface area contributed by atoms with Crippen molar-refractivity contribution in [3.63, 3.8) is 0 Å². The highest BCUT2D eigenvalue weighted by Gasteiger charge is 2.25. The van der Waals surface area contributed by atoms with Gasteiger partial charge in [0.25, 0.3) is 0 Å². The first-order valence-corrected chi connectivity index (χ1v) is 5.14. The average molecular weight is 211 g/mol. The van der Waals surface area contributed by atoms with Gasteiger partial charge in [-0.3, -0.25) is 5.01 Å². The Morgan fingerprint density at radius 1 is 1.80 bits per heavy atom. The number of hydrazone groups is 1. The molecular weight excluding hydrogens is 197 g/mol. The predicted octanol–water partition coefficient (Wildman–Crippen LogP) is 1.70. The van der Waals surface area contributed by atoms with E-state index in [1.165, 1.54) is 6.21 Å². The normalized spacial score (nSPS) is 31.1. The summed E-state index contributed by atoms with van der Waals surface area (Å²) in [5.41, 5.74) is 1.00. The molecular formula is C10H14FN3O. The minimum Gasteiger partial charge on any atom is -0.376 e. The molecule has 15 heavy (non-hydrogen) atoms. The molecule has 0 aliphatic carbocycles. The van der Waals surface area contributed by atoms with Crippen molar-refractivity contribution in [2.45, 2.75) is 25.9 Å². The molecule has 1 atom stereocenters. The first kappa shape index (κ1) is 10.3. The maximum Gasteiger partial charge on any atom is 0.141 e. The van der Waals surface area contributed by atoms with E-state index in [1.807, 2.05) is 6.92 Å². The Balaban J connectivity index is 2.01. The van der Waals surface area contributed by atoms with Crippen LogP contribution < -0.4 is 0 Å². The van der Waals surface area contributed by atoms with Gasteiger partial charge in [0.15, 0.2) is 0 Å². The van der Waals surface area contributed by atoms with Crippen molar-refractivity contribution in [2.24, 2.45) is 10.3 Å². The third kappa shape index (κ3) is 2.07. The first-order valence-electron chi connectivity index (χ1n) is 5.14. The van der Waals surface area contributed by atoms with Gasteiger partial charge in [0.05, 0.1) is 24.6 Å². The lowest BCUT2D eigenvalue weighted by Crippen LogP contribution is -2.26. The van der Waals surface area contributed by atoms with Crippen LogP contribution in [0.5, 0.6) is 0 Å². The van der Waals surface area contributed by atoms with Crippen LogP contribution in [0, 0.1) is 0 Å². The lowest BCUT2D eigenvalue weighted by atomic mass is 10.2. The summed E-state index contributed by atoms with van der Waals surface area (Å²) >= 11 is 0. The Kier molecular flexibility index (Phi) is 3.11. The monoisotopic (exact) mass is 211 g/mol. The molecule has 0 amide bonds. The largest absolute Gasteiger partial charge is 0.376 e. The zero-order valence-electron chi connectivity index (χ0n) is 8.69. The molecule has 0 saturated carbocycles. The second-order valence-corrected chi connectivity index (χ2v) is 3.61. The minimum absolute atomic E-state index is 0.205. The predicted molar refractivity (Wildman–Crippen MR) is 56.5 cm³/mol. The molecule has 0 aromatic heterocycles. The second-order valence-electron chi connectivity index (χ2n) is 3.61. The van der Waals surface area contributed by atoms with Gasteiger partial charge in [0, 0.05) is 6.61 Å². The number of allylic oxidation sites excluding steroid dienone is 2. The molecule has 1 fully saturated rings. The van der Waals surface area contributed by atoms with Gasteiger partial charge in [0.2, 0.25) is 0 Å². The molecule has 1 saturated heterocycles. The van der Waals surface area contributed by atoms with Crippen molar-refractivity contribution in [1.82, 2.24) is 5.01 Å². The summed E-state index contributed by atoms with van der Waals surface area (Å²) in [5, 5.41) is 8.52. The van der Waals surface area contributed by atoms with Crippen LogP contribution in [0.15, 0.2) is 22.1 Å². The van der Waals surface area contributed by atoms with Crippen LogP contribution in [0.4, 0.5) is 4.48 Å². The summed E-state index contributed by atoms with van der Waals surface area (Å²) in [6.45, 7) is 3.34. The van der Waals surface area contributed by atoms with Gasteiger partial charge in [-0.1, -0.05) is 15.8 Å². The van der Waals surface area contributed by atoms with Crippen LogP contribution in [0.3, 0.4) is 0 Å². The number of hydrogen-bond acceptors (Lipinski definition) is 4. The summed E-state index contributed by atoms with van der Waals surface area (Å²) < 4.78 is 17.7. The molecule has 0 aromatic rings. The first-order chi connectivity index (χ1) is 7.35. The third-order valence-electron chi connectivity index (χ3n) is 2.62. The van der Waals surface area contributed by atoms with Crippen LogP contribution in [-0.2, 0) is 4.74 Å². The third-order valence-corrected chi connectivity index (χ3v) is 2.62. The van der Waals surface area contributed by atoms with Gasteiger partial charge < -0.3 is 4.74 Å². The molecule has 0 bridgehead atoms. The van der Waals surface area contributed by atoms with E-state index in [4.69, 9.17) is 4.74 Å². The van der Waals surface area contributed by atoms with E-state index < -0.39 is 0 Å².